The summed E-state index contributed by atoms with van der Waals surface area (Å²) in [6.45, 7) is 9.51. The fourth-order valence-corrected chi connectivity index (χ4v) is 3.58. The number of aromatic hydroxyl groups is 1. The van der Waals surface area contributed by atoms with E-state index >= 15 is 0 Å². The number of nitro benzene ring substituents is 1. The molecule has 0 radical (unpaired) electrons. The van der Waals surface area contributed by atoms with Gasteiger partial charge in [-0.05, 0) is 23.7 Å². The Morgan fingerprint density at radius 1 is 1.16 bits per heavy atom. The second-order valence-electron chi connectivity index (χ2n) is 8.76. The van der Waals surface area contributed by atoms with E-state index in [1.165, 1.54) is 24.3 Å². The maximum absolute atomic E-state index is 12.3. The fourth-order valence-electron chi connectivity index (χ4n) is 2.65. The predicted molar refractivity (Wildman–Crippen MR) is 115 cm³/mol. The Balaban J connectivity index is 2.47. The number of nitrogens with zero attached hydrogens (tertiary/aromatic N) is 2. The van der Waals surface area contributed by atoms with Crippen molar-refractivity contribution in [3.05, 3.63) is 77.9 Å². The van der Waals surface area contributed by atoms with Gasteiger partial charge < -0.3 is 13.9 Å². The van der Waals surface area contributed by atoms with Crippen molar-refractivity contribution in [2.45, 2.75) is 51.4 Å². The van der Waals surface area contributed by atoms with Gasteiger partial charge in [-0.2, -0.15) is 0 Å². The zero-order valence-electron chi connectivity index (χ0n) is 18.1. The molecule has 1 N–H and O–H groups in total. The summed E-state index contributed by atoms with van der Waals surface area (Å²) < 4.78 is 11.8. The number of hydrogen-bond acceptors (Lipinski definition) is 8. The molecule has 31 heavy (non-hydrogen) atoms. The molecule has 168 valence electrons. The monoisotopic (exact) mass is 450 g/mol. The van der Waals surface area contributed by atoms with Gasteiger partial charge in [0, 0.05) is 23.1 Å². The average Bonchev–Trinajstić information content (AvgIpc) is 2.66. The third-order valence-corrected chi connectivity index (χ3v) is 10.0. The minimum absolute atomic E-state index is 0.0234. The number of hydrogen-bond donors (Lipinski definition) is 1. The van der Waals surface area contributed by atoms with Gasteiger partial charge in [0.2, 0.25) is 17.7 Å². The molecule has 10 nitrogen and oxygen atoms in total. The molecule has 2 rings (SSSR count). The Labute approximate surface area is 179 Å². The maximum Gasteiger partial charge on any atom is 0.269 e. The van der Waals surface area contributed by atoms with Crippen molar-refractivity contribution in [3.8, 4) is 5.75 Å². The van der Waals surface area contributed by atoms with Gasteiger partial charge >= 0.3 is 0 Å². The van der Waals surface area contributed by atoms with Crippen molar-refractivity contribution >= 4 is 14.0 Å². The molecule has 2 aromatic rings. The molecule has 11 heteroatoms. The first-order valence-corrected chi connectivity index (χ1v) is 12.5. The van der Waals surface area contributed by atoms with Crippen LogP contribution >= 0.6 is 0 Å². The third kappa shape index (κ3) is 5.76. The molecule has 0 spiro atoms. The molecular formula is C20H26N2O8Si. The lowest BCUT2D eigenvalue weighted by atomic mass is 9.95. The number of nitro groups is 2. The van der Waals surface area contributed by atoms with E-state index in [2.05, 4.69) is 20.8 Å². The summed E-state index contributed by atoms with van der Waals surface area (Å²) in [5.41, 5.74) is -0.639. The standard InChI is InChI=1S/C20H26N2O8Si/c1-20(2,3)31(4,5)29-12-15-10-17(23)18(24)19(30-15)16(11-21(25)26)13-6-8-14(9-7-13)22(27)28/h6-10,16,24H,11-12H2,1-5H3/t16-/m0/s1. The van der Waals surface area contributed by atoms with E-state index in [1.807, 2.05) is 13.1 Å². The molecular weight excluding hydrogens is 424 g/mol. The normalized spacial score (nSPS) is 13.1. The summed E-state index contributed by atoms with van der Waals surface area (Å²) in [5, 5.41) is 32.4. The van der Waals surface area contributed by atoms with Crippen molar-refractivity contribution < 1.29 is 23.8 Å². The van der Waals surface area contributed by atoms with Crippen LogP contribution in [0.2, 0.25) is 18.1 Å². The molecule has 0 aliphatic heterocycles. The van der Waals surface area contributed by atoms with Gasteiger partial charge in [-0.15, -0.1) is 0 Å². The lowest BCUT2D eigenvalue weighted by molar-refractivity contribution is -0.482. The predicted octanol–water partition coefficient (Wildman–Crippen LogP) is 4.18. The van der Waals surface area contributed by atoms with Crippen LogP contribution in [0.3, 0.4) is 0 Å². The smallest absolute Gasteiger partial charge is 0.269 e. The van der Waals surface area contributed by atoms with E-state index in [9.17, 15) is 30.1 Å². The molecule has 0 unspecified atom stereocenters. The van der Waals surface area contributed by atoms with Crippen LogP contribution in [0, 0.1) is 20.2 Å². The van der Waals surface area contributed by atoms with Crippen LogP contribution in [-0.4, -0.2) is 29.8 Å². The summed E-state index contributed by atoms with van der Waals surface area (Å²) in [6.07, 6.45) is 0. The van der Waals surface area contributed by atoms with Crippen LogP contribution in [0.1, 0.15) is 43.8 Å². The van der Waals surface area contributed by atoms with Gasteiger partial charge in [0.05, 0.1) is 11.5 Å². The third-order valence-electron chi connectivity index (χ3n) is 5.54. The van der Waals surface area contributed by atoms with Gasteiger partial charge in [0.15, 0.2) is 14.1 Å². The lowest BCUT2D eigenvalue weighted by Gasteiger charge is -2.35. The van der Waals surface area contributed by atoms with Gasteiger partial charge in [0.1, 0.15) is 11.7 Å². The van der Waals surface area contributed by atoms with E-state index in [4.69, 9.17) is 8.84 Å². The first kappa shape index (κ1) is 24.2. The van der Waals surface area contributed by atoms with Gasteiger partial charge in [-0.1, -0.05) is 32.9 Å². The van der Waals surface area contributed by atoms with Crippen LogP contribution in [0.15, 0.2) is 39.5 Å². The lowest BCUT2D eigenvalue weighted by Crippen LogP contribution is -2.40. The molecule has 0 saturated heterocycles. The largest absolute Gasteiger partial charge is 0.502 e. The Bertz CT molecular complexity index is 1020. The molecule has 1 aromatic carbocycles. The number of benzene rings is 1. The van der Waals surface area contributed by atoms with Crippen molar-refractivity contribution in [2.75, 3.05) is 6.54 Å². The van der Waals surface area contributed by atoms with E-state index in [0.717, 1.165) is 6.07 Å². The second-order valence-corrected chi connectivity index (χ2v) is 13.6. The fraction of sp³-hybridized carbons (Fsp3) is 0.450. The van der Waals surface area contributed by atoms with E-state index in [-0.39, 0.29) is 28.9 Å². The highest BCUT2D eigenvalue weighted by molar-refractivity contribution is 6.74. The van der Waals surface area contributed by atoms with Crippen LogP contribution in [0.5, 0.6) is 5.75 Å². The highest BCUT2D eigenvalue weighted by atomic mass is 28.4. The molecule has 0 amide bonds. The Hall–Kier alpha value is -3.05. The van der Waals surface area contributed by atoms with Crippen molar-refractivity contribution in [1.29, 1.82) is 0 Å². The minimum atomic E-state index is -2.17. The number of non-ortho nitro benzene ring substituents is 1. The van der Waals surface area contributed by atoms with Crippen LogP contribution in [0.4, 0.5) is 5.69 Å². The van der Waals surface area contributed by atoms with Gasteiger partial charge in [-0.3, -0.25) is 25.0 Å². The zero-order chi connectivity index (χ0) is 23.6. The van der Waals surface area contributed by atoms with Crippen molar-refractivity contribution in [2.24, 2.45) is 0 Å². The SMILES string of the molecule is CC(C)(C)[Si](C)(C)OCc1cc(=O)c(O)c([C@@H](C[N+](=O)[O-])c2ccc([N+](=O)[O-])cc2)o1. The van der Waals surface area contributed by atoms with E-state index in [0.29, 0.717) is 5.56 Å². The summed E-state index contributed by atoms with van der Waals surface area (Å²) in [6, 6.07) is 6.17. The average molecular weight is 451 g/mol. The first-order valence-electron chi connectivity index (χ1n) is 9.59. The highest BCUT2D eigenvalue weighted by Gasteiger charge is 2.37. The molecule has 0 bridgehead atoms. The molecule has 1 aromatic heterocycles. The van der Waals surface area contributed by atoms with Crippen molar-refractivity contribution in [3.63, 3.8) is 0 Å². The van der Waals surface area contributed by atoms with Gasteiger partial charge in [-0.25, -0.2) is 0 Å². The second kappa shape index (κ2) is 8.98. The minimum Gasteiger partial charge on any atom is -0.502 e. The summed E-state index contributed by atoms with van der Waals surface area (Å²) in [4.78, 5) is 33.3. The number of rotatable bonds is 8. The summed E-state index contributed by atoms with van der Waals surface area (Å²) in [7, 11) is -2.17. The quantitative estimate of drug-likeness (QED) is 0.358. The topological polar surface area (TPSA) is 146 Å². The van der Waals surface area contributed by atoms with E-state index in [1.54, 1.807) is 0 Å². The van der Waals surface area contributed by atoms with Crippen molar-refractivity contribution in [1.82, 2.24) is 0 Å². The Morgan fingerprint density at radius 3 is 2.23 bits per heavy atom. The van der Waals surface area contributed by atoms with Gasteiger partial charge in [0.25, 0.3) is 5.69 Å². The summed E-state index contributed by atoms with van der Waals surface area (Å²) in [5.74, 6) is -1.98. The Kier molecular flexibility index (Phi) is 7.02. The van der Waals surface area contributed by atoms with Crippen LogP contribution < -0.4 is 5.43 Å². The molecule has 0 aliphatic carbocycles. The Morgan fingerprint density at radius 2 is 1.74 bits per heavy atom. The molecule has 1 heterocycles. The molecule has 1 atom stereocenters. The van der Waals surface area contributed by atoms with Crippen LogP contribution in [-0.2, 0) is 11.0 Å². The highest BCUT2D eigenvalue weighted by Crippen LogP contribution is 2.37. The first-order chi connectivity index (χ1) is 14.2. The van der Waals surface area contributed by atoms with Crippen LogP contribution in [0.25, 0.3) is 0 Å². The zero-order valence-corrected chi connectivity index (χ0v) is 19.1. The maximum atomic E-state index is 12.3. The molecule has 0 saturated carbocycles. The summed E-state index contributed by atoms with van der Waals surface area (Å²) >= 11 is 0. The van der Waals surface area contributed by atoms with E-state index < -0.39 is 41.8 Å². The molecule has 0 aliphatic rings. The molecule has 0 fully saturated rings.